The van der Waals surface area contributed by atoms with Crippen molar-refractivity contribution in [2.24, 2.45) is 0 Å². The third kappa shape index (κ3) is 3.84. The highest BCUT2D eigenvalue weighted by Crippen LogP contribution is 2.29. The van der Waals surface area contributed by atoms with E-state index in [1.807, 2.05) is 11.0 Å². The number of likely N-dealkylation sites (tertiary alicyclic amines) is 1. The molecule has 5 heteroatoms. The number of carbonyl (C=O) groups is 1. The highest BCUT2D eigenvalue weighted by Gasteiger charge is 2.34. The zero-order valence-corrected chi connectivity index (χ0v) is 16.6. The number of aromatic nitrogens is 2. The molecule has 2 aromatic carbocycles. The maximum Gasteiger partial charge on any atom is 0.232 e. The van der Waals surface area contributed by atoms with E-state index in [0.717, 1.165) is 18.5 Å². The summed E-state index contributed by atoms with van der Waals surface area (Å²) in [5, 5.41) is 4.14. The number of aryl methyl sites for hydroxylation is 3. The number of carbonyl (C=O) groups excluding carboxylic acids is 1. The average Bonchev–Trinajstić information content (AvgIpc) is 3.29. The van der Waals surface area contributed by atoms with Crippen molar-refractivity contribution < 1.29 is 9.32 Å². The van der Waals surface area contributed by atoms with Gasteiger partial charge in [0.2, 0.25) is 17.6 Å². The summed E-state index contributed by atoms with van der Waals surface area (Å²) >= 11 is 0. The van der Waals surface area contributed by atoms with E-state index in [1.165, 1.54) is 22.3 Å². The van der Waals surface area contributed by atoms with Crippen molar-refractivity contribution in [2.75, 3.05) is 13.1 Å². The molecule has 144 valence electrons. The Morgan fingerprint density at radius 1 is 1.11 bits per heavy atom. The molecule has 5 nitrogen and oxygen atoms in total. The second-order valence-electron chi connectivity index (χ2n) is 7.74. The molecule has 1 aliphatic heterocycles. The van der Waals surface area contributed by atoms with E-state index in [2.05, 4.69) is 67.3 Å². The van der Waals surface area contributed by atoms with Crippen molar-refractivity contribution in [1.82, 2.24) is 15.0 Å². The lowest BCUT2D eigenvalue weighted by Crippen LogP contribution is -2.27. The van der Waals surface area contributed by atoms with Crippen LogP contribution >= 0.6 is 0 Å². The molecule has 0 radical (unpaired) electrons. The Hall–Kier alpha value is -2.95. The molecule has 0 spiro atoms. The summed E-state index contributed by atoms with van der Waals surface area (Å²) in [5.41, 5.74) is 5.87. The van der Waals surface area contributed by atoms with Crippen LogP contribution in [-0.2, 0) is 11.2 Å². The van der Waals surface area contributed by atoms with Crippen LogP contribution in [0, 0.1) is 20.8 Å². The van der Waals surface area contributed by atoms with Crippen molar-refractivity contribution in [3.8, 4) is 11.4 Å². The predicted molar refractivity (Wildman–Crippen MR) is 108 cm³/mol. The first-order valence-electron chi connectivity index (χ1n) is 9.74. The number of hydrogen-bond donors (Lipinski definition) is 0. The lowest BCUT2D eigenvalue weighted by molar-refractivity contribution is -0.127. The minimum Gasteiger partial charge on any atom is -0.342 e. The Morgan fingerprint density at radius 2 is 1.96 bits per heavy atom. The summed E-state index contributed by atoms with van der Waals surface area (Å²) in [7, 11) is 0. The summed E-state index contributed by atoms with van der Waals surface area (Å²) in [6.45, 7) is 7.59. The van der Waals surface area contributed by atoms with Gasteiger partial charge in [0.25, 0.3) is 0 Å². The van der Waals surface area contributed by atoms with Gasteiger partial charge in [0, 0.05) is 25.1 Å². The van der Waals surface area contributed by atoms with Crippen molar-refractivity contribution in [3.05, 3.63) is 70.6 Å². The number of nitrogens with zero attached hydrogens (tertiary/aromatic N) is 3. The molecule has 1 fully saturated rings. The summed E-state index contributed by atoms with van der Waals surface area (Å²) in [6, 6.07) is 14.6. The first-order valence-corrected chi connectivity index (χ1v) is 9.74. The van der Waals surface area contributed by atoms with Crippen LogP contribution in [0.1, 0.15) is 40.5 Å². The summed E-state index contributed by atoms with van der Waals surface area (Å²) in [5.74, 6) is 1.27. The van der Waals surface area contributed by atoms with Gasteiger partial charge in [-0.15, -0.1) is 0 Å². The molecule has 3 aromatic rings. The average molecular weight is 375 g/mol. The third-order valence-electron chi connectivity index (χ3n) is 5.52. The van der Waals surface area contributed by atoms with Crippen LogP contribution in [0.4, 0.5) is 0 Å². The lowest BCUT2D eigenvalue weighted by Gasteiger charge is -2.16. The SMILES string of the molecule is Cc1cccc(CCN2CC(c3nc(-c4ccc(C)c(C)c4)no3)CC2=O)c1. The summed E-state index contributed by atoms with van der Waals surface area (Å²) in [6.07, 6.45) is 1.29. The Balaban J connectivity index is 1.42. The Kier molecular flexibility index (Phi) is 4.99. The van der Waals surface area contributed by atoms with E-state index in [1.54, 1.807) is 0 Å². The van der Waals surface area contributed by atoms with E-state index in [-0.39, 0.29) is 11.8 Å². The molecular formula is C23H25N3O2. The van der Waals surface area contributed by atoms with Crippen LogP contribution in [0.5, 0.6) is 0 Å². The zero-order chi connectivity index (χ0) is 19.7. The minimum absolute atomic E-state index is 0.0298. The maximum atomic E-state index is 12.4. The van der Waals surface area contributed by atoms with Crippen molar-refractivity contribution >= 4 is 5.91 Å². The standard InChI is InChI=1S/C23H25N3O2/c1-15-5-4-6-18(11-15)9-10-26-14-20(13-21(26)27)23-24-22(25-28-23)19-8-7-16(2)17(3)12-19/h4-8,11-12,20H,9-10,13-14H2,1-3H3. The number of rotatable bonds is 5. The number of hydrogen-bond acceptors (Lipinski definition) is 4. The molecule has 1 unspecified atom stereocenters. The Morgan fingerprint density at radius 3 is 2.75 bits per heavy atom. The monoisotopic (exact) mass is 375 g/mol. The van der Waals surface area contributed by atoms with Gasteiger partial charge in [-0.3, -0.25) is 4.79 Å². The van der Waals surface area contributed by atoms with Crippen molar-refractivity contribution in [2.45, 2.75) is 39.5 Å². The molecule has 1 aliphatic rings. The van der Waals surface area contributed by atoms with Gasteiger partial charge < -0.3 is 9.42 Å². The van der Waals surface area contributed by atoms with Gasteiger partial charge in [0.05, 0.1) is 5.92 Å². The molecule has 0 N–H and O–H groups in total. The van der Waals surface area contributed by atoms with E-state index in [0.29, 0.717) is 24.7 Å². The fourth-order valence-electron chi connectivity index (χ4n) is 3.68. The van der Waals surface area contributed by atoms with E-state index in [9.17, 15) is 4.79 Å². The topological polar surface area (TPSA) is 59.2 Å². The molecule has 0 saturated carbocycles. The van der Waals surface area contributed by atoms with Gasteiger partial charge in [-0.25, -0.2) is 0 Å². The number of benzene rings is 2. The molecule has 0 aliphatic carbocycles. The first-order chi connectivity index (χ1) is 13.5. The molecule has 2 heterocycles. The van der Waals surface area contributed by atoms with Gasteiger partial charge in [-0.05, 0) is 49.9 Å². The van der Waals surface area contributed by atoms with Gasteiger partial charge in [-0.2, -0.15) is 4.98 Å². The smallest absolute Gasteiger partial charge is 0.232 e. The number of amides is 1. The molecule has 1 atom stereocenters. The van der Waals surface area contributed by atoms with E-state index >= 15 is 0 Å². The lowest BCUT2D eigenvalue weighted by atomic mass is 10.1. The largest absolute Gasteiger partial charge is 0.342 e. The molecule has 28 heavy (non-hydrogen) atoms. The van der Waals surface area contributed by atoms with Gasteiger partial charge in [0.15, 0.2) is 0 Å². The first kappa shape index (κ1) is 18.4. The van der Waals surface area contributed by atoms with E-state index in [4.69, 9.17) is 4.52 Å². The molecule has 1 aromatic heterocycles. The molecule has 4 rings (SSSR count). The van der Waals surface area contributed by atoms with Crippen LogP contribution in [0.15, 0.2) is 47.0 Å². The highest BCUT2D eigenvalue weighted by atomic mass is 16.5. The van der Waals surface area contributed by atoms with Crippen LogP contribution in [0.2, 0.25) is 0 Å². The van der Waals surface area contributed by atoms with E-state index < -0.39 is 0 Å². The maximum absolute atomic E-state index is 12.4. The predicted octanol–water partition coefficient (Wildman–Crippen LogP) is 4.22. The van der Waals surface area contributed by atoms with Crippen LogP contribution < -0.4 is 0 Å². The van der Waals surface area contributed by atoms with Gasteiger partial charge >= 0.3 is 0 Å². The van der Waals surface area contributed by atoms with Crippen LogP contribution in [-0.4, -0.2) is 34.0 Å². The van der Waals surface area contributed by atoms with Gasteiger partial charge in [-0.1, -0.05) is 47.1 Å². The molecule has 1 amide bonds. The van der Waals surface area contributed by atoms with Crippen LogP contribution in [0.25, 0.3) is 11.4 Å². The van der Waals surface area contributed by atoms with Gasteiger partial charge in [0.1, 0.15) is 0 Å². The second-order valence-corrected chi connectivity index (χ2v) is 7.74. The molecule has 0 bridgehead atoms. The summed E-state index contributed by atoms with van der Waals surface area (Å²) in [4.78, 5) is 18.9. The minimum atomic E-state index is -0.0298. The Bertz CT molecular complexity index is 1010. The molecule has 1 saturated heterocycles. The van der Waals surface area contributed by atoms with Crippen LogP contribution in [0.3, 0.4) is 0 Å². The Labute approximate surface area is 165 Å². The highest BCUT2D eigenvalue weighted by molar-refractivity contribution is 5.79. The fourth-order valence-corrected chi connectivity index (χ4v) is 3.68. The third-order valence-corrected chi connectivity index (χ3v) is 5.52. The quantitative estimate of drug-likeness (QED) is 0.670. The van der Waals surface area contributed by atoms with Crippen molar-refractivity contribution in [3.63, 3.8) is 0 Å². The molecular weight excluding hydrogens is 350 g/mol. The zero-order valence-electron chi connectivity index (χ0n) is 16.6. The normalized spacial score (nSPS) is 16.8. The fraction of sp³-hybridized carbons (Fsp3) is 0.348. The summed E-state index contributed by atoms with van der Waals surface area (Å²) < 4.78 is 5.51. The second kappa shape index (κ2) is 7.58. The van der Waals surface area contributed by atoms with Crippen molar-refractivity contribution in [1.29, 1.82) is 0 Å².